The average molecular weight is 391 g/mol. The van der Waals surface area contributed by atoms with Crippen LogP contribution in [0.1, 0.15) is 28.9 Å². The Morgan fingerprint density at radius 1 is 1.15 bits per heavy atom. The second kappa shape index (κ2) is 8.76. The molecule has 1 atom stereocenters. The van der Waals surface area contributed by atoms with Crippen molar-refractivity contribution in [1.82, 2.24) is 5.32 Å². The minimum absolute atomic E-state index is 0.0134. The predicted octanol–water partition coefficient (Wildman–Crippen LogP) is 1.41. The Kier molecular flexibility index (Phi) is 6.67. The van der Waals surface area contributed by atoms with Crippen molar-refractivity contribution in [3.8, 4) is 0 Å². The van der Waals surface area contributed by atoms with Gasteiger partial charge >= 0.3 is 5.97 Å². The summed E-state index contributed by atoms with van der Waals surface area (Å²) in [5, 5.41) is 10.8. The maximum absolute atomic E-state index is 12.1. The van der Waals surface area contributed by atoms with Crippen LogP contribution >= 0.6 is 0 Å². The maximum Gasteiger partial charge on any atom is 0.337 e. The van der Waals surface area contributed by atoms with Gasteiger partial charge in [-0.1, -0.05) is 12.1 Å². The highest BCUT2D eigenvalue weighted by atomic mass is 32.2. The Morgan fingerprint density at radius 3 is 2.41 bits per heavy atom. The monoisotopic (exact) mass is 391 g/mol. The number of hydrogen-bond acceptors (Lipinski definition) is 6. The van der Waals surface area contributed by atoms with E-state index in [1.807, 2.05) is 0 Å². The fourth-order valence-electron chi connectivity index (χ4n) is 2.34. The van der Waals surface area contributed by atoms with Crippen LogP contribution in [0.2, 0.25) is 0 Å². The third kappa shape index (κ3) is 5.88. The molecular weight excluding hydrogens is 370 g/mol. The number of amides is 1. The summed E-state index contributed by atoms with van der Waals surface area (Å²) in [7, 11) is -2.49. The summed E-state index contributed by atoms with van der Waals surface area (Å²) in [6.45, 7) is 1.82. The van der Waals surface area contributed by atoms with Crippen LogP contribution in [0.25, 0.3) is 0 Å². The first kappa shape index (κ1) is 20.6. The molecule has 0 saturated heterocycles. The zero-order chi connectivity index (χ0) is 20.0. The minimum Gasteiger partial charge on any atom is -0.465 e. The smallest absolute Gasteiger partial charge is 0.337 e. The summed E-state index contributed by atoms with van der Waals surface area (Å²) >= 11 is 0. The van der Waals surface area contributed by atoms with Gasteiger partial charge in [0.2, 0.25) is 15.9 Å². The lowest BCUT2D eigenvalue weighted by Crippen LogP contribution is -2.30. The predicted molar refractivity (Wildman–Crippen MR) is 101 cm³/mol. The van der Waals surface area contributed by atoms with Crippen molar-refractivity contribution >= 4 is 27.6 Å². The van der Waals surface area contributed by atoms with Gasteiger partial charge < -0.3 is 15.4 Å². The summed E-state index contributed by atoms with van der Waals surface area (Å²) in [5.74, 6) is -0.736. The molecule has 0 heterocycles. The molecule has 0 fully saturated rings. The number of nitrogens with two attached hydrogens (primary N) is 1. The first-order valence-corrected chi connectivity index (χ1v) is 9.59. The second-order valence-corrected chi connectivity index (χ2v) is 7.40. The molecule has 0 saturated carbocycles. The molecule has 2 aromatic carbocycles. The highest BCUT2D eigenvalue weighted by Gasteiger charge is 2.13. The molecule has 2 rings (SSSR count). The van der Waals surface area contributed by atoms with Crippen LogP contribution in [0.5, 0.6) is 0 Å². The van der Waals surface area contributed by atoms with Gasteiger partial charge in [0.15, 0.2) is 0 Å². The van der Waals surface area contributed by atoms with Crippen LogP contribution in [0.4, 0.5) is 5.69 Å². The fourth-order valence-corrected chi connectivity index (χ4v) is 2.91. The van der Waals surface area contributed by atoms with E-state index in [-0.39, 0.29) is 23.4 Å². The number of methoxy groups -OCH3 is 1. The van der Waals surface area contributed by atoms with Gasteiger partial charge in [-0.2, -0.15) is 0 Å². The summed E-state index contributed by atoms with van der Waals surface area (Å²) in [6, 6.07) is 12.3. The van der Waals surface area contributed by atoms with Crippen LogP contribution in [0, 0.1) is 0 Å². The van der Waals surface area contributed by atoms with Crippen molar-refractivity contribution in [3.63, 3.8) is 0 Å². The second-order valence-electron chi connectivity index (χ2n) is 5.84. The van der Waals surface area contributed by atoms with Crippen molar-refractivity contribution < 1.29 is 22.7 Å². The number of rotatable bonds is 7. The number of nitrogens with one attached hydrogen (secondary N) is 2. The van der Waals surface area contributed by atoms with Crippen LogP contribution in [0.15, 0.2) is 53.4 Å². The van der Waals surface area contributed by atoms with Crippen molar-refractivity contribution in [2.75, 3.05) is 19.0 Å². The van der Waals surface area contributed by atoms with Crippen LogP contribution in [-0.2, 0) is 19.6 Å². The Labute approximate surface area is 157 Å². The third-order valence-corrected chi connectivity index (χ3v) is 4.76. The van der Waals surface area contributed by atoms with E-state index >= 15 is 0 Å². The van der Waals surface area contributed by atoms with Gasteiger partial charge in [0, 0.05) is 11.7 Å². The molecule has 144 valence electrons. The van der Waals surface area contributed by atoms with Gasteiger partial charge in [0.1, 0.15) is 0 Å². The van der Waals surface area contributed by atoms with Crippen LogP contribution < -0.4 is 15.8 Å². The number of carbonyl (C=O) groups is 2. The molecule has 27 heavy (non-hydrogen) atoms. The van der Waals surface area contributed by atoms with E-state index < -0.39 is 16.0 Å². The molecule has 0 aliphatic carbocycles. The molecule has 0 bridgehead atoms. The summed E-state index contributed by atoms with van der Waals surface area (Å²) in [5.41, 5.74) is 1.62. The molecule has 1 amide bonds. The van der Waals surface area contributed by atoms with Gasteiger partial charge in [0.05, 0.1) is 24.1 Å². The standard InChI is InChI=1S/C18H21N3O5S/c1-12(14-4-3-5-16(10-14)27(19,24)25)20-11-17(22)21-15-8-6-13(7-9-15)18(23)26-2/h3-10,12,20H,11H2,1-2H3,(H,21,22)(H2,19,24,25). The largest absolute Gasteiger partial charge is 0.465 e. The molecule has 0 aliphatic heterocycles. The average Bonchev–Trinajstić information content (AvgIpc) is 2.65. The molecule has 2 aromatic rings. The number of ether oxygens (including phenoxy) is 1. The van der Waals surface area contributed by atoms with Crippen molar-refractivity contribution in [2.45, 2.75) is 17.9 Å². The molecular formula is C18H21N3O5S. The van der Waals surface area contributed by atoms with Gasteiger partial charge in [-0.05, 0) is 48.9 Å². The van der Waals surface area contributed by atoms with Crippen molar-refractivity contribution in [3.05, 3.63) is 59.7 Å². The van der Waals surface area contributed by atoms with E-state index in [2.05, 4.69) is 15.4 Å². The molecule has 0 aliphatic rings. The quantitative estimate of drug-likeness (QED) is 0.612. The maximum atomic E-state index is 12.1. The number of primary sulfonamides is 1. The van der Waals surface area contributed by atoms with Gasteiger partial charge in [0.25, 0.3) is 0 Å². The number of sulfonamides is 1. The Bertz CT molecular complexity index is 926. The van der Waals surface area contributed by atoms with E-state index in [4.69, 9.17) is 5.14 Å². The van der Waals surface area contributed by atoms with Gasteiger partial charge in [-0.3, -0.25) is 4.79 Å². The summed E-state index contributed by atoms with van der Waals surface area (Å²) in [6.07, 6.45) is 0. The highest BCUT2D eigenvalue weighted by Crippen LogP contribution is 2.16. The molecule has 9 heteroatoms. The topological polar surface area (TPSA) is 128 Å². The summed E-state index contributed by atoms with van der Waals surface area (Å²) < 4.78 is 27.5. The molecule has 0 radical (unpaired) electrons. The zero-order valence-corrected chi connectivity index (χ0v) is 15.7. The lowest BCUT2D eigenvalue weighted by molar-refractivity contribution is -0.115. The first-order chi connectivity index (χ1) is 12.7. The molecule has 4 N–H and O–H groups in total. The van der Waals surface area contributed by atoms with E-state index in [0.29, 0.717) is 16.8 Å². The third-order valence-electron chi connectivity index (χ3n) is 3.85. The molecule has 0 aromatic heterocycles. The SMILES string of the molecule is COC(=O)c1ccc(NC(=O)CNC(C)c2cccc(S(N)(=O)=O)c2)cc1. The van der Waals surface area contributed by atoms with Crippen molar-refractivity contribution in [1.29, 1.82) is 0 Å². The number of carbonyl (C=O) groups excluding carboxylic acids is 2. The first-order valence-electron chi connectivity index (χ1n) is 8.05. The fraction of sp³-hybridized carbons (Fsp3) is 0.222. The number of esters is 1. The van der Waals surface area contributed by atoms with E-state index in [9.17, 15) is 18.0 Å². The molecule has 0 spiro atoms. The minimum atomic E-state index is -3.78. The Balaban J connectivity index is 1.92. The molecule has 8 nitrogen and oxygen atoms in total. The van der Waals surface area contributed by atoms with Crippen molar-refractivity contribution in [2.24, 2.45) is 5.14 Å². The number of benzene rings is 2. The van der Waals surface area contributed by atoms with E-state index in [0.717, 1.165) is 0 Å². The van der Waals surface area contributed by atoms with Crippen LogP contribution in [-0.4, -0.2) is 33.9 Å². The Morgan fingerprint density at radius 2 is 1.81 bits per heavy atom. The lowest BCUT2D eigenvalue weighted by Gasteiger charge is -2.15. The summed E-state index contributed by atoms with van der Waals surface area (Å²) in [4.78, 5) is 23.5. The Hall–Kier alpha value is -2.75. The number of hydrogen-bond donors (Lipinski definition) is 3. The highest BCUT2D eigenvalue weighted by molar-refractivity contribution is 7.89. The normalized spacial score (nSPS) is 12.3. The number of anilines is 1. The van der Waals surface area contributed by atoms with Gasteiger partial charge in [-0.25, -0.2) is 18.4 Å². The lowest BCUT2D eigenvalue weighted by atomic mass is 10.1. The van der Waals surface area contributed by atoms with Crippen LogP contribution in [0.3, 0.4) is 0 Å². The zero-order valence-electron chi connectivity index (χ0n) is 14.9. The molecule has 1 unspecified atom stereocenters. The van der Waals surface area contributed by atoms with E-state index in [1.165, 1.54) is 19.2 Å². The van der Waals surface area contributed by atoms with Gasteiger partial charge in [-0.15, -0.1) is 0 Å². The van der Waals surface area contributed by atoms with E-state index in [1.54, 1.807) is 43.3 Å².